The number of aldehydes is 1. The Labute approximate surface area is 93.3 Å². The van der Waals surface area contributed by atoms with Gasteiger partial charge in [-0.3, -0.25) is 10.1 Å². The van der Waals surface area contributed by atoms with Crippen molar-refractivity contribution in [2.24, 2.45) is 0 Å². The first-order valence-corrected chi connectivity index (χ1v) is 4.42. The molecule has 0 bridgehead atoms. The molecule has 2 rings (SSSR count). The average Bonchev–Trinajstić information content (AvgIpc) is 2.15. The summed E-state index contributed by atoms with van der Waals surface area (Å²) in [7, 11) is 0. The van der Waals surface area contributed by atoms with Crippen LogP contribution in [0, 0.1) is 0 Å². The fourth-order valence-electron chi connectivity index (χ4n) is 1.55. The van der Waals surface area contributed by atoms with Gasteiger partial charge in [-0.15, -0.1) is 12.4 Å². The van der Waals surface area contributed by atoms with Crippen molar-refractivity contribution in [2.45, 2.75) is 12.1 Å². The Balaban J connectivity index is 0.00000112. The lowest BCUT2D eigenvalue weighted by Gasteiger charge is -2.38. The molecule has 0 saturated carbocycles. The zero-order chi connectivity index (χ0) is 10.2. The van der Waals surface area contributed by atoms with E-state index in [9.17, 15) is 15.0 Å². The first kappa shape index (κ1) is 12.0. The van der Waals surface area contributed by atoms with Gasteiger partial charge in [0.25, 0.3) is 0 Å². The molecule has 3 N–H and O–H groups in total. The number of halogens is 1. The normalized spacial score (nSPS) is 23.8. The molecule has 1 aliphatic heterocycles. The number of benzene rings is 1. The molecule has 1 fully saturated rings. The fourth-order valence-corrected chi connectivity index (χ4v) is 1.55. The summed E-state index contributed by atoms with van der Waals surface area (Å²) in [5, 5.41) is 22.2. The molecule has 1 heterocycles. The van der Waals surface area contributed by atoms with E-state index in [2.05, 4.69) is 5.32 Å². The lowest BCUT2D eigenvalue weighted by molar-refractivity contribution is -0.0622. The topological polar surface area (TPSA) is 69.6 Å². The molecule has 82 valence electrons. The zero-order valence-electron chi connectivity index (χ0n) is 7.93. The summed E-state index contributed by atoms with van der Waals surface area (Å²) in [4.78, 5) is 10.5. The van der Waals surface area contributed by atoms with Gasteiger partial charge in [0.05, 0.1) is 0 Å². The van der Waals surface area contributed by atoms with Crippen LogP contribution in [0.2, 0.25) is 0 Å². The van der Waals surface area contributed by atoms with Crippen LogP contribution in [-0.2, 0) is 5.72 Å². The number of carbonyl (C=O) groups excluding carboxylic acids is 1. The van der Waals surface area contributed by atoms with Crippen molar-refractivity contribution in [1.82, 2.24) is 5.32 Å². The van der Waals surface area contributed by atoms with Gasteiger partial charge in [0.2, 0.25) is 0 Å². The van der Waals surface area contributed by atoms with Gasteiger partial charge < -0.3 is 10.2 Å². The highest BCUT2D eigenvalue weighted by Gasteiger charge is 2.37. The minimum Gasteiger partial charge on any atom is -0.508 e. The van der Waals surface area contributed by atoms with E-state index < -0.39 is 5.72 Å². The molecule has 1 aliphatic rings. The summed E-state index contributed by atoms with van der Waals surface area (Å²) in [6.07, 6.45) is 1.23. The van der Waals surface area contributed by atoms with Crippen molar-refractivity contribution in [3.63, 3.8) is 0 Å². The van der Waals surface area contributed by atoms with Crippen molar-refractivity contribution in [2.75, 3.05) is 6.54 Å². The van der Waals surface area contributed by atoms with Crippen molar-refractivity contribution >= 4 is 18.7 Å². The van der Waals surface area contributed by atoms with E-state index in [0.29, 0.717) is 30.4 Å². The van der Waals surface area contributed by atoms with E-state index in [0.717, 1.165) is 0 Å². The molecule has 0 aromatic heterocycles. The maximum absolute atomic E-state index is 10.5. The second-order valence-electron chi connectivity index (χ2n) is 3.43. The number of hydrogen-bond donors (Lipinski definition) is 3. The van der Waals surface area contributed by atoms with Crippen LogP contribution in [0.15, 0.2) is 18.2 Å². The predicted molar refractivity (Wildman–Crippen MR) is 57.3 cm³/mol. The third-order valence-electron chi connectivity index (χ3n) is 2.51. The van der Waals surface area contributed by atoms with E-state index in [1.54, 1.807) is 0 Å². The maximum atomic E-state index is 10.5. The van der Waals surface area contributed by atoms with Crippen LogP contribution >= 0.6 is 12.4 Å². The van der Waals surface area contributed by atoms with Gasteiger partial charge >= 0.3 is 0 Å². The zero-order valence-corrected chi connectivity index (χ0v) is 8.75. The van der Waals surface area contributed by atoms with Gasteiger partial charge in [-0.05, 0) is 18.2 Å². The number of aromatic hydroxyl groups is 1. The molecule has 0 amide bonds. The molecule has 5 heteroatoms. The monoisotopic (exact) mass is 229 g/mol. The fraction of sp³-hybridized carbons (Fsp3) is 0.300. The molecule has 15 heavy (non-hydrogen) atoms. The lowest BCUT2D eigenvalue weighted by Crippen LogP contribution is -2.54. The SMILES string of the molecule is Cl.O=Cc1ccc(O)c([C@]2(O)CCN2)c1. The van der Waals surface area contributed by atoms with Gasteiger partial charge in [0, 0.05) is 24.1 Å². The van der Waals surface area contributed by atoms with E-state index in [1.807, 2.05) is 0 Å². The molecule has 1 saturated heterocycles. The second kappa shape index (κ2) is 4.18. The van der Waals surface area contributed by atoms with Gasteiger partial charge in [0.15, 0.2) is 0 Å². The van der Waals surface area contributed by atoms with E-state index in [4.69, 9.17) is 0 Å². The predicted octanol–water partition coefficient (Wildman–Crippen LogP) is 0.765. The average molecular weight is 230 g/mol. The molecule has 0 aliphatic carbocycles. The van der Waals surface area contributed by atoms with Crippen molar-refractivity contribution in [1.29, 1.82) is 0 Å². The highest BCUT2D eigenvalue weighted by atomic mass is 35.5. The molecule has 0 unspecified atom stereocenters. The van der Waals surface area contributed by atoms with Crippen LogP contribution in [0.1, 0.15) is 22.3 Å². The highest BCUT2D eigenvalue weighted by Crippen LogP contribution is 2.34. The Hall–Kier alpha value is -1.10. The van der Waals surface area contributed by atoms with E-state index in [1.165, 1.54) is 18.2 Å². The highest BCUT2D eigenvalue weighted by molar-refractivity contribution is 5.85. The van der Waals surface area contributed by atoms with Gasteiger partial charge in [-0.25, -0.2) is 0 Å². The number of phenolic OH excluding ortho intramolecular Hbond substituents is 1. The molecular formula is C10H12ClNO3. The summed E-state index contributed by atoms with van der Waals surface area (Å²) in [6.45, 7) is 0.710. The quantitative estimate of drug-likeness (QED) is 0.655. The van der Waals surface area contributed by atoms with Crippen molar-refractivity contribution in [3.8, 4) is 5.75 Å². The van der Waals surface area contributed by atoms with Crippen LogP contribution in [0.4, 0.5) is 0 Å². The van der Waals surface area contributed by atoms with Crippen LogP contribution in [-0.4, -0.2) is 23.0 Å². The molecule has 0 radical (unpaired) electrons. The molecule has 4 nitrogen and oxygen atoms in total. The van der Waals surface area contributed by atoms with Gasteiger partial charge in [0.1, 0.15) is 17.8 Å². The Kier molecular flexibility index (Phi) is 3.34. The Morgan fingerprint density at radius 1 is 1.47 bits per heavy atom. The standard InChI is InChI=1S/C10H11NO3.ClH/c12-6-7-1-2-9(13)8(5-7)10(14)3-4-11-10;/h1-2,5-6,11,13-14H,3-4H2;1H/t10-;/m1./s1. The Bertz CT molecular complexity index is 377. The number of nitrogens with one attached hydrogen (secondary N) is 1. The maximum Gasteiger partial charge on any atom is 0.150 e. The van der Waals surface area contributed by atoms with Gasteiger partial charge in [-0.2, -0.15) is 0 Å². The van der Waals surface area contributed by atoms with Crippen LogP contribution < -0.4 is 5.32 Å². The third-order valence-corrected chi connectivity index (χ3v) is 2.51. The minimum atomic E-state index is -1.16. The molecule has 1 atom stereocenters. The van der Waals surface area contributed by atoms with Crippen LogP contribution in [0.3, 0.4) is 0 Å². The minimum absolute atomic E-state index is 0. The first-order valence-electron chi connectivity index (χ1n) is 4.42. The summed E-state index contributed by atoms with van der Waals surface area (Å²) < 4.78 is 0. The van der Waals surface area contributed by atoms with Crippen LogP contribution in [0.25, 0.3) is 0 Å². The van der Waals surface area contributed by atoms with Crippen LogP contribution in [0.5, 0.6) is 5.75 Å². The summed E-state index contributed by atoms with van der Waals surface area (Å²) in [5.41, 5.74) is -0.350. The number of hydrogen-bond acceptors (Lipinski definition) is 4. The third kappa shape index (κ3) is 1.97. The molecular weight excluding hydrogens is 218 g/mol. The first-order chi connectivity index (χ1) is 6.65. The molecule has 1 aromatic rings. The molecule has 0 spiro atoms. The van der Waals surface area contributed by atoms with Crippen molar-refractivity contribution in [3.05, 3.63) is 29.3 Å². The summed E-state index contributed by atoms with van der Waals surface area (Å²) >= 11 is 0. The lowest BCUT2D eigenvalue weighted by atomic mass is 9.91. The van der Waals surface area contributed by atoms with Gasteiger partial charge in [-0.1, -0.05) is 0 Å². The number of rotatable bonds is 2. The Morgan fingerprint density at radius 3 is 2.60 bits per heavy atom. The summed E-state index contributed by atoms with van der Waals surface area (Å²) in [6, 6.07) is 4.42. The number of aliphatic hydroxyl groups is 1. The molecule has 1 aromatic carbocycles. The van der Waals surface area contributed by atoms with E-state index >= 15 is 0 Å². The second-order valence-corrected chi connectivity index (χ2v) is 3.43. The number of phenols is 1. The number of carbonyl (C=O) groups is 1. The largest absolute Gasteiger partial charge is 0.508 e. The Morgan fingerprint density at radius 2 is 2.13 bits per heavy atom. The van der Waals surface area contributed by atoms with E-state index in [-0.39, 0.29) is 18.2 Å². The smallest absolute Gasteiger partial charge is 0.150 e. The summed E-state index contributed by atoms with van der Waals surface area (Å²) in [5.74, 6) is 0.00491. The van der Waals surface area contributed by atoms with Crippen molar-refractivity contribution < 1.29 is 15.0 Å².